The second-order valence-electron chi connectivity index (χ2n) is 6.53. The standard InChI is InChI=1S/C20H23BrN2O3/c21-17-6-8-19(9-7-17)26-15-18(24)14-22-10-12-23(13-11-22)20(25)16-4-2-1-3-5-16/h1-9,18,24H,10-15H2/p+1/t18-/m1/s1. The van der Waals surface area contributed by atoms with Crippen molar-refractivity contribution >= 4 is 21.8 Å². The van der Waals surface area contributed by atoms with Gasteiger partial charge in [0.05, 0.1) is 26.2 Å². The lowest BCUT2D eigenvalue weighted by atomic mass is 10.2. The molecule has 1 heterocycles. The predicted octanol–water partition coefficient (Wildman–Crippen LogP) is 1.23. The van der Waals surface area contributed by atoms with E-state index in [0.717, 1.165) is 28.9 Å². The summed E-state index contributed by atoms with van der Waals surface area (Å²) in [7, 11) is 0. The Hall–Kier alpha value is -1.89. The van der Waals surface area contributed by atoms with Gasteiger partial charge in [-0.25, -0.2) is 0 Å². The highest BCUT2D eigenvalue weighted by molar-refractivity contribution is 9.10. The minimum absolute atomic E-state index is 0.0868. The van der Waals surface area contributed by atoms with E-state index >= 15 is 0 Å². The molecule has 0 bridgehead atoms. The Bertz CT molecular complexity index is 701. The summed E-state index contributed by atoms with van der Waals surface area (Å²) in [5.74, 6) is 0.837. The van der Waals surface area contributed by atoms with Crippen LogP contribution in [0.2, 0.25) is 0 Å². The van der Waals surface area contributed by atoms with E-state index in [1.54, 1.807) is 0 Å². The summed E-state index contributed by atoms with van der Waals surface area (Å²) in [6, 6.07) is 17.0. The van der Waals surface area contributed by atoms with Gasteiger partial charge in [0.2, 0.25) is 0 Å². The molecule has 2 N–H and O–H groups in total. The van der Waals surface area contributed by atoms with Crippen LogP contribution in [0.1, 0.15) is 10.4 Å². The first-order valence-corrected chi connectivity index (χ1v) is 9.65. The molecule has 1 amide bonds. The van der Waals surface area contributed by atoms with Gasteiger partial charge >= 0.3 is 0 Å². The third-order valence-corrected chi connectivity index (χ3v) is 5.09. The predicted molar refractivity (Wildman–Crippen MR) is 104 cm³/mol. The summed E-state index contributed by atoms with van der Waals surface area (Å²) in [6.07, 6.45) is -0.523. The van der Waals surface area contributed by atoms with Crippen molar-refractivity contribution in [2.45, 2.75) is 6.10 Å². The third kappa shape index (κ3) is 5.30. The van der Waals surface area contributed by atoms with Crippen LogP contribution in [-0.2, 0) is 0 Å². The molecule has 0 radical (unpaired) electrons. The van der Waals surface area contributed by atoms with Crippen molar-refractivity contribution in [3.63, 3.8) is 0 Å². The Labute approximate surface area is 162 Å². The summed E-state index contributed by atoms with van der Waals surface area (Å²) in [5.41, 5.74) is 0.735. The maximum atomic E-state index is 12.5. The van der Waals surface area contributed by atoms with Gasteiger partial charge in [0.15, 0.2) is 0 Å². The van der Waals surface area contributed by atoms with Crippen LogP contribution < -0.4 is 9.64 Å². The van der Waals surface area contributed by atoms with Gasteiger partial charge in [0.1, 0.15) is 25.0 Å². The van der Waals surface area contributed by atoms with Gasteiger partial charge in [-0.05, 0) is 36.4 Å². The minimum atomic E-state index is -0.523. The molecule has 1 aliphatic rings. The Morgan fingerprint density at radius 1 is 1.12 bits per heavy atom. The molecule has 1 aliphatic heterocycles. The van der Waals surface area contributed by atoms with E-state index in [2.05, 4.69) is 15.9 Å². The number of ether oxygens (including phenoxy) is 1. The number of amides is 1. The third-order valence-electron chi connectivity index (χ3n) is 4.56. The first-order chi connectivity index (χ1) is 12.6. The van der Waals surface area contributed by atoms with Crippen molar-refractivity contribution in [3.05, 3.63) is 64.6 Å². The molecule has 138 valence electrons. The van der Waals surface area contributed by atoms with Crippen molar-refractivity contribution in [1.82, 2.24) is 4.90 Å². The highest BCUT2D eigenvalue weighted by Gasteiger charge is 2.26. The number of carbonyl (C=O) groups excluding carboxylic acids is 1. The highest BCUT2D eigenvalue weighted by Crippen LogP contribution is 2.16. The summed E-state index contributed by atoms with van der Waals surface area (Å²) in [5, 5.41) is 10.2. The lowest BCUT2D eigenvalue weighted by Gasteiger charge is -2.33. The van der Waals surface area contributed by atoms with Gasteiger partial charge in [-0.3, -0.25) is 4.79 Å². The molecule has 0 saturated carbocycles. The van der Waals surface area contributed by atoms with Gasteiger partial charge in [0.25, 0.3) is 5.91 Å². The van der Waals surface area contributed by atoms with Gasteiger partial charge in [0, 0.05) is 10.0 Å². The quantitative estimate of drug-likeness (QED) is 0.740. The van der Waals surface area contributed by atoms with Crippen LogP contribution in [0.15, 0.2) is 59.1 Å². The number of quaternary nitrogens is 1. The van der Waals surface area contributed by atoms with E-state index < -0.39 is 6.10 Å². The van der Waals surface area contributed by atoms with Crippen LogP contribution in [0.5, 0.6) is 5.75 Å². The molecule has 0 aromatic heterocycles. The lowest BCUT2D eigenvalue weighted by molar-refractivity contribution is -0.907. The molecule has 1 fully saturated rings. The number of aliphatic hydroxyl groups is 1. The first kappa shape index (κ1) is 18.9. The van der Waals surface area contributed by atoms with Crippen LogP contribution >= 0.6 is 15.9 Å². The fourth-order valence-electron chi connectivity index (χ4n) is 3.11. The molecule has 0 aliphatic carbocycles. The highest BCUT2D eigenvalue weighted by atomic mass is 79.9. The Morgan fingerprint density at radius 2 is 1.77 bits per heavy atom. The van der Waals surface area contributed by atoms with E-state index in [1.807, 2.05) is 59.5 Å². The summed E-state index contributed by atoms with van der Waals surface area (Å²) in [6.45, 7) is 4.01. The largest absolute Gasteiger partial charge is 0.491 e. The number of halogens is 1. The normalized spacial score (nSPS) is 16.3. The second-order valence-corrected chi connectivity index (χ2v) is 7.45. The van der Waals surface area contributed by atoms with Gasteiger partial charge < -0.3 is 19.6 Å². The van der Waals surface area contributed by atoms with Crippen molar-refractivity contribution in [2.24, 2.45) is 0 Å². The second kappa shape index (κ2) is 9.16. The smallest absolute Gasteiger partial charge is 0.254 e. The zero-order chi connectivity index (χ0) is 18.4. The van der Waals surface area contributed by atoms with Crippen molar-refractivity contribution < 1.29 is 19.5 Å². The zero-order valence-corrected chi connectivity index (χ0v) is 16.2. The van der Waals surface area contributed by atoms with E-state index in [-0.39, 0.29) is 12.5 Å². The maximum absolute atomic E-state index is 12.5. The molecular weight excluding hydrogens is 396 g/mol. The maximum Gasteiger partial charge on any atom is 0.254 e. The molecule has 2 aromatic rings. The number of piperazine rings is 1. The Kier molecular flexibility index (Phi) is 6.66. The summed E-state index contributed by atoms with van der Waals surface area (Å²) in [4.78, 5) is 15.6. The van der Waals surface area contributed by atoms with Crippen molar-refractivity contribution in [2.75, 3.05) is 39.3 Å². The number of benzene rings is 2. The molecule has 5 nitrogen and oxygen atoms in total. The molecule has 6 heteroatoms. The number of rotatable bonds is 6. The number of nitrogens with zero attached hydrogens (tertiary/aromatic N) is 1. The van der Waals surface area contributed by atoms with E-state index in [1.165, 1.54) is 4.90 Å². The summed E-state index contributed by atoms with van der Waals surface area (Å²) < 4.78 is 6.63. The Balaban J connectivity index is 1.40. The molecule has 26 heavy (non-hydrogen) atoms. The minimum Gasteiger partial charge on any atom is -0.491 e. The van der Waals surface area contributed by atoms with E-state index in [4.69, 9.17) is 4.74 Å². The monoisotopic (exact) mass is 419 g/mol. The van der Waals surface area contributed by atoms with E-state index in [9.17, 15) is 9.90 Å². The van der Waals surface area contributed by atoms with Crippen molar-refractivity contribution in [1.29, 1.82) is 0 Å². The van der Waals surface area contributed by atoms with Crippen molar-refractivity contribution in [3.8, 4) is 5.75 Å². The fraction of sp³-hybridized carbons (Fsp3) is 0.350. The molecule has 3 rings (SSSR count). The zero-order valence-electron chi connectivity index (χ0n) is 14.6. The number of nitrogens with one attached hydrogen (secondary N) is 1. The van der Waals surface area contributed by atoms with Crippen LogP contribution in [-0.4, -0.2) is 61.3 Å². The number of carbonyl (C=O) groups is 1. The SMILES string of the molecule is O=C(c1ccccc1)N1CC[NH+](C[C@@H](O)COc2ccc(Br)cc2)CC1. The average Bonchev–Trinajstić information content (AvgIpc) is 2.68. The number of aliphatic hydroxyl groups excluding tert-OH is 1. The molecule has 1 atom stereocenters. The molecule has 0 spiro atoms. The molecular formula is C20H24BrN2O3+. The first-order valence-electron chi connectivity index (χ1n) is 8.86. The number of hydrogen-bond acceptors (Lipinski definition) is 3. The van der Waals surface area contributed by atoms with Crippen LogP contribution in [0.3, 0.4) is 0 Å². The van der Waals surface area contributed by atoms with Crippen LogP contribution in [0.25, 0.3) is 0 Å². The topological polar surface area (TPSA) is 54.2 Å². The summed E-state index contributed by atoms with van der Waals surface area (Å²) >= 11 is 3.38. The molecule has 1 saturated heterocycles. The molecule has 2 aromatic carbocycles. The van der Waals surface area contributed by atoms with Gasteiger partial charge in [-0.1, -0.05) is 34.1 Å². The van der Waals surface area contributed by atoms with E-state index in [0.29, 0.717) is 19.6 Å². The van der Waals surface area contributed by atoms with Crippen LogP contribution in [0.4, 0.5) is 0 Å². The van der Waals surface area contributed by atoms with Crippen LogP contribution in [0, 0.1) is 0 Å². The number of hydrogen-bond donors (Lipinski definition) is 2. The lowest BCUT2D eigenvalue weighted by Crippen LogP contribution is -3.16. The fourth-order valence-corrected chi connectivity index (χ4v) is 3.37. The van der Waals surface area contributed by atoms with Gasteiger partial charge in [-0.15, -0.1) is 0 Å². The van der Waals surface area contributed by atoms with Gasteiger partial charge in [-0.2, -0.15) is 0 Å². The average molecular weight is 420 g/mol. The Morgan fingerprint density at radius 3 is 2.42 bits per heavy atom. The molecule has 0 unspecified atom stereocenters.